The first-order valence-corrected chi connectivity index (χ1v) is 10.2. The Morgan fingerprint density at radius 3 is 2.59 bits per heavy atom. The predicted octanol–water partition coefficient (Wildman–Crippen LogP) is 3.47. The molecule has 3 atom stereocenters. The molecule has 5 nitrogen and oxygen atoms in total. The van der Waals surface area contributed by atoms with Gasteiger partial charge in [0, 0.05) is 17.4 Å². The van der Waals surface area contributed by atoms with Crippen LogP contribution in [0.2, 0.25) is 0 Å². The van der Waals surface area contributed by atoms with E-state index < -0.39 is 0 Å². The molecule has 1 aromatic heterocycles. The van der Waals surface area contributed by atoms with E-state index in [-0.39, 0.29) is 24.1 Å². The second kappa shape index (κ2) is 7.76. The number of hydrazine groups is 1. The zero-order valence-electron chi connectivity index (χ0n) is 14.9. The number of benzene rings is 1. The van der Waals surface area contributed by atoms with E-state index in [9.17, 15) is 14.0 Å². The SMILES string of the molecule is O=C(Cc1csc(-c2ccc(F)cc2)n1)NNC(=O)C[C@H]1C[C@@H]2CC[C@@H]1C2. The Morgan fingerprint density at radius 2 is 1.89 bits per heavy atom. The fraction of sp³-hybridized carbons (Fsp3) is 0.450. The summed E-state index contributed by atoms with van der Waals surface area (Å²) in [4.78, 5) is 28.5. The van der Waals surface area contributed by atoms with Crippen LogP contribution in [-0.4, -0.2) is 16.8 Å². The van der Waals surface area contributed by atoms with Gasteiger partial charge in [0.25, 0.3) is 0 Å². The number of rotatable bonds is 5. The molecule has 1 aromatic carbocycles. The van der Waals surface area contributed by atoms with Gasteiger partial charge in [-0.1, -0.05) is 6.42 Å². The number of fused-ring (bicyclic) bond motifs is 2. The Kier molecular flexibility index (Phi) is 5.20. The van der Waals surface area contributed by atoms with Crippen LogP contribution < -0.4 is 10.9 Å². The number of carbonyl (C=O) groups excluding carboxylic acids is 2. The second-order valence-electron chi connectivity index (χ2n) is 7.56. The van der Waals surface area contributed by atoms with Crippen molar-refractivity contribution >= 4 is 23.2 Å². The van der Waals surface area contributed by atoms with Gasteiger partial charge in [-0.3, -0.25) is 20.4 Å². The van der Waals surface area contributed by atoms with Gasteiger partial charge in [-0.05, 0) is 61.3 Å². The molecule has 2 bridgehead atoms. The van der Waals surface area contributed by atoms with Gasteiger partial charge in [0.2, 0.25) is 11.8 Å². The van der Waals surface area contributed by atoms with Crippen molar-refractivity contribution in [3.63, 3.8) is 0 Å². The lowest BCUT2D eigenvalue weighted by atomic mass is 9.86. The highest BCUT2D eigenvalue weighted by Gasteiger charge is 2.40. The largest absolute Gasteiger partial charge is 0.273 e. The van der Waals surface area contributed by atoms with Crippen LogP contribution in [0.5, 0.6) is 0 Å². The quantitative estimate of drug-likeness (QED) is 0.772. The molecule has 2 saturated carbocycles. The van der Waals surface area contributed by atoms with E-state index in [4.69, 9.17) is 0 Å². The minimum absolute atomic E-state index is 0.0894. The summed E-state index contributed by atoms with van der Waals surface area (Å²) in [6.45, 7) is 0. The first-order chi connectivity index (χ1) is 13.1. The molecule has 7 heteroatoms. The summed E-state index contributed by atoms with van der Waals surface area (Å²) < 4.78 is 13.0. The summed E-state index contributed by atoms with van der Waals surface area (Å²) >= 11 is 1.40. The molecule has 2 aromatic rings. The Bertz CT molecular complexity index is 836. The van der Waals surface area contributed by atoms with Crippen LogP contribution in [0.3, 0.4) is 0 Å². The summed E-state index contributed by atoms with van der Waals surface area (Å²) in [7, 11) is 0. The number of carbonyl (C=O) groups is 2. The van der Waals surface area contributed by atoms with Crippen molar-refractivity contribution in [2.45, 2.75) is 38.5 Å². The zero-order valence-corrected chi connectivity index (χ0v) is 15.7. The van der Waals surface area contributed by atoms with Crippen LogP contribution in [0.4, 0.5) is 4.39 Å². The fourth-order valence-corrected chi connectivity index (χ4v) is 5.20. The van der Waals surface area contributed by atoms with Crippen LogP contribution >= 0.6 is 11.3 Å². The van der Waals surface area contributed by atoms with Crippen molar-refractivity contribution in [2.75, 3.05) is 0 Å². The van der Waals surface area contributed by atoms with Gasteiger partial charge >= 0.3 is 0 Å². The van der Waals surface area contributed by atoms with Crippen LogP contribution in [0.1, 0.15) is 37.8 Å². The minimum Gasteiger partial charge on any atom is -0.273 e. The average molecular weight is 387 g/mol. The van der Waals surface area contributed by atoms with E-state index in [1.807, 2.05) is 0 Å². The van der Waals surface area contributed by atoms with Gasteiger partial charge < -0.3 is 0 Å². The van der Waals surface area contributed by atoms with Crippen molar-refractivity contribution in [3.8, 4) is 10.6 Å². The maximum absolute atomic E-state index is 13.0. The van der Waals surface area contributed by atoms with E-state index in [0.717, 1.165) is 22.9 Å². The molecule has 2 aliphatic carbocycles. The fourth-order valence-electron chi connectivity index (χ4n) is 4.38. The smallest absolute Gasteiger partial charge is 0.244 e. The van der Waals surface area contributed by atoms with E-state index in [2.05, 4.69) is 15.8 Å². The highest BCUT2D eigenvalue weighted by atomic mass is 32.1. The predicted molar refractivity (Wildman–Crippen MR) is 101 cm³/mol. The number of hydrogen-bond acceptors (Lipinski definition) is 4. The first kappa shape index (κ1) is 18.1. The monoisotopic (exact) mass is 387 g/mol. The third kappa shape index (κ3) is 4.35. The molecule has 2 amide bonds. The molecule has 2 N–H and O–H groups in total. The number of thiazole rings is 1. The molecule has 1 heterocycles. The summed E-state index contributed by atoms with van der Waals surface area (Å²) in [6.07, 6.45) is 5.56. The summed E-state index contributed by atoms with van der Waals surface area (Å²) in [5, 5.41) is 2.54. The molecular weight excluding hydrogens is 365 g/mol. The number of nitrogens with one attached hydrogen (secondary N) is 2. The molecular formula is C20H22FN3O2S. The first-order valence-electron chi connectivity index (χ1n) is 9.35. The number of amides is 2. The molecule has 142 valence electrons. The lowest BCUT2D eigenvalue weighted by Crippen LogP contribution is -2.43. The van der Waals surface area contributed by atoms with Crippen LogP contribution in [-0.2, 0) is 16.0 Å². The van der Waals surface area contributed by atoms with E-state index in [1.165, 1.54) is 42.7 Å². The molecule has 2 fully saturated rings. The van der Waals surface area contributed by atoms with Gasteiger partial charge in [0.05, 0.1) is 12.1 Å². The normalized spacial score (nSPS) is 23.4. The molecule has 0 spiro atoms. The van der Waals surface area contributed by atoms with Crippen LogP contribution in [0.15, 0.2) is 29.6 Å². The molecule has 0 aliphatic heterocycles. The van der Waals surface area contributed by atoms with Gasteiger partial charge in [-0.25, -0.2) is 9.37 Å². The maximum atomic E-state index is 13.0. The molecule has 2 aliphatic rings. The Labute approximate surface area is 161 Å². The van der Waals surface area contributed by atoms with Crippen molar-refractivity contribution in [2.24, 2.45) is 17.8 Å². The molecule has 27 heavy (non-hydrogen) atoms. The summed E-state index contributed by atoms with van der Waals surface area (Å²) in [6, 6.07) is 6.09. The van der Waals surface area contributed by atoms with Crippen LogP contribution in [0.25, 0.3) is 10.6 Å². The topological polar surface area (TPSA) is 71.1 Å². The van der Waals surface area contributed by atoms with Crippen molar-refractivity contribution in [1.82, 2.24) is 15.8 Å². The number of nitrogens with zero attached hydrogens (tertiary/aromatic N) is 1. The third-order valence-electron chi connectivity index (χ3n) is 5.66. The molecule has 0 unspecified atom stereocenters. The van der Waals surface area contributed by atoms with Crippen molar-refractivity contribution in [1.29, 1.82) is 0 Å². The standard InChI is InChI=1S/C20H22FN3O2S/c21-16-5-3-13(4-6-16)20-22-17(11-27-20)10-19(26)24-23-18(25)9-15-8-12-1-2-14(15)7-12/h3-6,11-12,14-15H,1-2,7-10H2,(H,23,25)(H,24,26)/t12-,14-,15-/m1/s1. The van der Waals surface area contributed by atoms with E-state index in [1.54, 1.807) is 17.5 Å². The number of halogens is 1. The molecule has 0 radical (unpaired) electrons. The average Bonchev–Trinajstić information content (AvgIpc) is 3.38. The molecule has 0 saturated heterocycles. The Hall–Kier alpha value is -2.28. The van der Waals surface area contributed by atoms with Crippen molar-refractivity contribution in [3.05, 3.63) is 41.2 Å². The highest BCUT2D eigenvalue weighted by Crippen LogP contribution is 2.49. The summed E-state index contributed by atoms with van der Waals surface area (Å²) in [5.41, 5.74) is 6.45. The van der Waals surface area contributed by atoms with Gasteiger partial charge in [0.15, 0.2) is 0 Å². The van der Waals surface area contributed by atoms with Gasteiger partial charge in [-0.15, -0.1) is 11.3 Å². The van der Waals surface area contributed by atoms with Crippen LogP contribution in [0, 0.1) is 23.6 Å². The Balaban J connectivity index is 1.23. The maximum Gasteiger partial charge on any atom is 0.244 e. The lowest BCUT2D eigenvalue weighted by Gasteiger charge is -2.20. The zero-order chi connectivity index (χ0) is 18.8. The van der Waals surface area contributed by atoms with Crippen molar-refractivity contribution < 1.29 is 14.0 Å². The highest BCUT2D eigenvalue weighted by molar-refractivity contribution is 7.13. The third-order valence-corrected chi connectivity index (χ3v) is 6.60. The number of hydrogen-bond donors (Lipinski definition) is 2. The van der Waals surface area contributed by atoms with E-state index in [0.29, 0.717) is 24.0 Å². The lowest BCUT2D eigenvalue weighted by molar-refractivity contribution is -0.129. The second-order valence-corrected chi connectivity index (χ2v) is 8.42. The summed E-state index contributed by atoms with van der Waals surface area (Å²) in [5.74, 6) is 1.26. The molecule has 4 rings (SSSR count). The van der Waals surface area contributed by atoms with Gasteiger partial charge in [0.1, 0.15) is 10.8 Å². The minimum atomic E-state index is -0.299. The van der Waals surface area contributed by atoms with E-state index >= 15 is 0 Å². The number of aromatic nitrogens is 1. The Morgan fingerprint density at radius 1 is 1.11 bits per heavy atom. The van der Waals surface area contributed by atoms with Gasteiger partial charge in [-0.2, -0.15) is 0 Å².